The number of aldehydes is 1. The molecule has 20 heavy (non-hydrogen) atoms. The number of amides is 1. The largest absolute Gasteiger partial charge is 0.345 e. The van der Waals surface area contributed by atoms with Crippen LogP contribution in [0.4, 0.5) is 0 Å². The first-order chi connectivity index (χ1) is 9.60. The second kappa shape index (κ2) is 6.30. The first-order valence-electron chi connectivity index (χ1n) is 6.59. The molecular weight excluding hydrogens is 252 g/mol. The average Bonchev–Trinajstić information content (AvgIpc) is 2.46. The molecule has 104 valence electrons. The van der Waals surface area contributed by atoms with Crippen LogP contribution in [0.5, 0.6) is 0 Å². The molecule has 4 heteroatoms. The summed E-state index contributed by atoms with van der Waals surface area (Å²) < 4.78 is 0. The van der Waals surface area contributed by atoms with Crippen molar-refractivity contribution in [1.82, 2.24) is 5.32 Å². The Kier molecular flexibility index (Phi) is 4.48. The number of rotatable bonds is 5. The molecule has 3 N–H and O–H groups in total. The van der Waals surface area contributed by atoms with E-state index in [9.17, 15) is 9.59 Å². The van der Waals surface area contributed by atoms with Gasteiger partial charge in [-0.1, -0.05) is 42.5 Å². The SMILES string of the molecule is C[C@@H](N)C(=O)N[C@@H](C=O)Cc1ccc2ccccc2c1. The Balaban J connectivity index is 2.13. The van der Waals surface area contributed by atoms with Gasteiger partial charge in [0.25, 0.3) is 0 Å². The van der Waals surface area contributed by atoms with E-state index in [1.807, 2.05) is 42.5 Å². The summed E-state index contributed by atoms with van der Waals surface area (Å²) in [6, 6.07) is 12.9. The van der Waals surface area contributed by atoms with E-state index < -0.39 is 12.1 Å². The molecule has 0 bridgehead atoms. The summed E-state index contributed by atoms with van der Waals surface area (Å²) in [5.74, 6) is -0.317. The van der Waals surface area contributed by atoms with E-state index in [1.165, 1.54) is 0 Å². The lowest BCUT2D eigenvalue weighted by Crippen LogP contribution is -2.45. The number of nitrogens with one attached hydrogen (secondary N) is 1. The van der Waals surface area contributed by atoms with Gasteiger partial charge in [0.05, 0.1) is 12.1 Å². The molecule has 4 nitrogen and oxygen atoms in total. The van der Waals surface area contributed by atoms with Crippen LogP contribution in [0.1, 0.15) is 12.5 Å². The van der Waals surface area contributed by atoms with Gasteiger partial charge >= 0.3 is 0 Å². The highest BCUT2D eigenvalue weighted by molar-refractivity contribution is 5.85. The van der Waals surface area contributed by atoms with Gasteiger partial charge in [-0.25, -0.2) is 0 Å². The fraction of sp³-hybridized carbons (Fsp3) is 0.250. The first-order valence-corrected chi connectivity index (χ1v) is 6.59. The van der Waals surface area contributed by atoms with Crippen LogP contribution in [0, 0.1) is 0 Å². The fourth-order valence-electron chi connectivity index (χ4n) is 2.07. The second-order valence-electron chi connectivity index (χ2n) is 4.93. The third kappa shape index (κ3) is 3.42. The van der Waals surface area contributed by atoms with Crippen LogP contribution >= 0.6 is 0 Å². The minimum Gasteiger partial charge on any atom is -0.345 e. The molecule has 2 rings (SSSR count). The number of hydrogen-bond donors (Lipinski definition) is 2. The van der Waals surface area contributed by atoms with Gasteiger partial charge in [-0.05, 0) is 29.7 Å². The van der Waals surface area contributed by atoms with Crippen LogP contribution in [0.2, 0.25) is 0 Å². The topological polar surface area (TPSA) is 72.2 Å². The molecule has 0 fully saturated rings. The molecule has 2 atom stereocenters. The van der Waals surface area contributed by atoms with Gasteiger partial charge in [0, 0.05) is 0 Å². The van der Waals surface area contributed by atoms with Gasteiger partial charge in [0.15, 0.2) is 0 Å². The molecule has 0 aliphatic rings. The highest BCUT2D eigenvalue weighted by Gasteiger charge is 2.14. The maximum atomic E-state index is 11.5. The number of fused-ring (bicyclic) bond motifs is 1. The molecule has 0 spiro atoms. The normalized spacial score (nSPS) is 13.7. The molecule has 2 aromatic carbocycles. The molecule has 0 aliphatic carbocycles. The van der Waals surface area contributed by atoms with Crippen molar-refractivity contribution < 1.29 is 9.59 Å². The van der Waals surface area contributed by atoms with Crippen LogP contribution in [-0.2, 0) is 16.0 Å². The van der Waals surface area contributed by atoms with Crippen molar-refractivity contribution in [2.45, 2.75) is 25.4 Å². The molecule has 1 amide bonds. The summed E-state index contributed by atoms with van der Waals surface area (Å²) in [7, 11) is 0. The van der Waals surface area contributed by atoms with Crippen LogP contribution in [0.25, 0.3) is 10.8 Å². The van der Waals surface area contributed by atoms with Crippen molar-refractivity contribution in [3.05, 3.63) is 48.0 Å². The van der Waals surface area contributed by atoms with Crippen LogP contribution in [0.3, 0.4) is 0 Å². The van der Waals surface area contributed by atoms with Crippen molar-refractivity contribution in [3.8, 4) is 0 Å². The number of benzene rings is 2. The lowest BCUT2D eigenvalue weighted by Gasteiger charge is -2.14. The summed E-state index contributed by atoms with van der Waals surface area (Å²) in [6.45, 7) is 1.59. The van der Waals surface area contributed by atoms with Crippen LogP contribution < -0.4 is 11.1 Å². The van der Waals surface area contributed by atoms with E-state index in [4.69, 9.17) is 5.73 Å². The summed E-state index contributed by atoms with van der Waals surface area (Å²) in [5, 5.41) is 4.90. The van der Waals surface area contributed by atoms with Crippen LogP contribution in [-0.4, -0.2) is 24.3 Å². The third-order valence-corrected chi connectivity index (χ3v) is 3.17. The first kappa shape index (κ1) is 14.2. The predicted molar refractivity (Wildman–Crippen MR) is 79.3 cm³/mol. The molecular formula is C16H18N2O2. The molecule has 0 aliphatic heterocycles. The Bertz CT molecular complexity index is 623. The fourth-order valence-corrected chi connectivity index (χ4v) is 2.07. The maximum absolute atomic E-state index is 11.5. The van der Waals surface area contributed by atoms with Gasteiger partial charge in [-0.15, -0.1) is 0 Å². The van der Waals surface area contributed by atoms with E-state index in [0.29, 0.717) is 6.42 Å². The predicted octanol–water partition coefficient (Wildman–Crippen LogP) is 1.41. The standard InChI is InChI=1S/C16H18N2O2/c1-11(17)16(20)18-15(10-19)9-12-6-7-13-4-2-3-5-14(13)8-12/h2-8,10-11,15H,9,17H2,1H3,(H,18,20)/t11-,15-/m1/s1. The summed E-state index contributed by atoms with van der Waals surface area (Å²) in [4.78, 5) is 22.6. The monoisotopic (exact) mass is 270 g/mol. The smallest absolute Gasteiger partial charge is 0.237 e. The van der Waals surface area contributed by atoms with Crippen molar-refractivity contribution in [3.63, 3.8) is 0 Å². The Morgan fingerprint density at radius 2 is 1.95 bits per heavy atom. The number of carbonyl (C=O) groups is 2. The zero-order chi connectivity index (χ0) is 14.5. The quantitative estimate of drug-likeness (QED) is 0.807. The molecule has 0 radical (unpaired) electrons. The Hall–Kier alpha value is -2.20. The highest BCUT2D eigenvalue weighted by Crippen LogP contribution is 2.16. The Labute approximate surface area is 118 Å². The van der Waals surface area contributed by atoms with Crippen molar-refractivity contribution in [2.24, 2.45) is 5.73 Å². The highest BCUT2D eigenvalue weighted by atomic mass is 16.2. The summed E-state index contributed by atoms with van der Waals surface area (Å²) in [6.07, 6.45) is 1.21. The van der Waals surface area contributed by atoms with E-state index in [0.717, 1.165) is 22.6 Å². The third-order valence-electron chi connectivity index (χ3n) is 3.17. The Morgan fingerprint density at radius 3 is 2.60 bits per heavy atom. The summed E-state index contributed by atoms with van der Waals surface area (Å²) in [5.41, 5.74) is 6.48. The van der Waals surface area contributed by atoms with Gasteiger partial charge in [0.2, 0.25) is 5.91 Å². The number of nitrogens with two attached hydrogens (primary N) is 1. The maximum Gasteiger partial charge on any atom is 0.237 e. The minimum absolute atomic E-state index is 0.317. The van der Waals surface area contributed by atoms with Gasteiger partial charge < -0.3 is 15.8 Å². The van der Waals surface area contributed by atoms with Gasteiger partial charge in [0.1, 0.15) is 6.29 Å². The lowest BCUT2D eigenvalue weighted by molar-refractivity contribution is -0.124. The molecule has 0 saturated heterocycles. The van der Waals surface area contributed by atoms with Gasteiger partial charge in [-0.3, -0.25) is 4.79 Å². The number of carbonyl (C=O) groups excluding carboxylic acids is 2. The zero-order valence-electron chi connectivity index (χ0n) is 11.4. The molecule has 0 unspecified atom stereocenters. The van der Waals surface area contributed by atoms with Gasteiger partial charge in [-0.2, -0.15) is 0 Å². The molecule has 0 aromatic heterocycles. The van der Waals surface area contributed by atoms with Crippen molar-refractivity contribution in [2.75, 3.05) is 0 Å². The van der Waals surface area contributed by atoms with E-state index in [2.05, 4.69) is 5.32 Å². The molecule has 0 heterocycles. The van der Waals surface area contributed by atoms with E-state index in [1.54, 1.807) is 6.92 Å². The van der Waals surface area contributed by atoms with E-state index >= 15 is 0 Å². The van der Waals surface area contributed by atoms with Crippen molar-refractivity contribution >= 4 is 23.0 Å². The minimum atomic E-state index is -0.617. The van der Waals surface area contributed by atoms with Crippen LogP contribution in [0.15, 0.2) is 42.5 Å². The number of hydrogen-bond acceptors (Lipinski definition) is 3. The zero-order valence-corrected chi connectivity index (χ0v) is 11.4. The van der Waals surface area contributed by atoms with E-state index in [-0.39, 0.29) is 5.91 Å². The molecule has 2 aromatic rings. The second-order valence-corrected chi connectivity index (χ2v) is 4.93. The average molecular weight is 270 g/mol. The lowest BCUT2D eigenvalue weighted by atomic mass is 10.0. The Morgan fingerprint density at radius 1 is 1.25 bits per heavy atom. The summed E-state index contributed by atoms with van der Waals surface area (Å²) >= 11 is 0. The van der Waals surface area contributed by atoms with Crippen molar-refractivity contribution in [1.29, 1.82) is 0 Å². The molecule has 0 saturated carbocycles.